The third kappa shape index (κ3) is 3.78. The predicted molar refractivity (Wildman–Crippen MR) is 89.7 cm³/mol. The molecule has 0 saturated heterocycles. The van der Waals surface area contributed by atoms with Crippen LogP contribution in [0.1, 0.15) is 55.3 Å². The van der Waals surface area contributed by atoms with Crippen LogP contribution in [-0.4, -0.2) is 12.5 Å². The van der Waals surface area contributed by atoms with E-state index in [1.54, 1.807) is 0 Å². The number of hydrogen-bond donors (Lipinski definition) is 2. The molecule has 3 N–H and O–H groups in total. The summed E-state index contributed by atoms with van der Waals surface area (Å²) in [4.78, 5) is 12.6. The largest absolute Gasteiger partial charge is 0.349 e. The van der Waals surface area contributed by atoms with Crippen molar-refractivity contribution in [3.63, 3.8) is 0 Å². The molecule has 1 aromatic carbocycles. The maximum atomic E-state index is 12.6. The van der Waals surface area contributed by atoms with Crippen molar-refractivity contribution in [3.05, 3.63) is 34.9 Å². The molecule has 0 heterocycles. The topological polar surface area (TPSA) is 55.1 Å². The summed E-state index contributed by atoms with van der Waals surface area (Å²) >= 11 is 0. The van der Waals surface area contributed by atoms with Crippen LogP contribution in [0, 0.1) is 19.3 Å². The van der Waals surface area contributed by atoms with Gasteiger partial charge in [0.2, 0.25) is 5.91 Å². The van der Waals surface area contributed by atoms with Crippen LogP contribution in [0.4, 0.5) is 0 Å². The van der Waals surface area contributed by atoms with Gasteiger partial charge < -0.3 is 11.1 Å². The molecule has 1 fully saturated rings. The lowest BCUT2D eigenvalue weighted by molar-refractivity contribution is -0.131. The van der Waals surface area contributed by atoms with Crippen LogP contribution in [-0.2, 0) is 4.79 Å². The third-order valence-electron chi connectivity index (χ3n) is 4.67. The van der Waals surface area contributed by atoms with Crippen LogP contribution in [0.2, 0.25) is 0 Å². The minimum Gasteiger partial charge on any atom is -0.349 e. The summed E-state index contributed by atoms with van der Waals surface area (Å²) < 4.78 is 0. The van der Waals surface area contributed by atoms with Crippen molar-refractivity contribution >= 4 is 18.3 Å². The minimum absolute atomic E-state index is 0. The van der Waals surface area contributed by atoms with Crippen LogP contribution in [0.25, 0.3) is 0 Å². The van der Waals surface area contributed by atoms with Gasteiger partial charge in [-0.25, -0.2) is 0 Å². The molecule has 3 nitrogen and oxygen atoms in total. The van der Waals surface area contributed by atoms with Gasteiger partial charge in [-0.2, -0.15) is 0 Å². The third-order valence-corrected chi connectivity index (χ3v) is 4.67. The van der Waals surface area contributed by atoms with Gasteiger partial charge in [0.05, 0.1) is 11.5 Å². The highest BCUT2D eigenvalue weighted by Crippen LogP contribution is 2.37. The molecule has 1 unspecified atom stereocenters. The van der Waals surface area contributed by atoms with Crippen molar-refractivity contribution in [3.8, 4) is 0 Å². The molecule has 2 rings (SSSR count). The molecule has 1 aliphatic carbocycles. The Hall–Kier alpha value is -1.06. The Morgan fingerprint density at radius 2 is 1.95 bits per heavy atom. The SMILES string of the molecule is Cc1ccc(C(C)NC(=O)C2(CN)CCCC2)c(C)c1.Cl. The van der Waals surface area contributed by atoms with E-state index in [9.17, 15) is 4.79 Å². The average Bonchev–Trinajstić information content (AvgIpc) is 2.88. The zero-order valence-electron chi connectivity index (χ0n) is 13.2. The second kappa shape index (κ2) is 7.28. The first-order valence-corrected chi connectivity index (χ1v) is 7.57. The maximum Gasteiger partial charge on any atom is 0.227 e. The molecule has 1 amide bonds. The molecule has 1 saturated carbocycles. The molecule has 1 aliphatic rings. The van der Waals surface area contributed by atoms with Crippen molar-refractivity contribution in [2.24, 2.45) is 11.1 Å². The highest BCUT2D eigenvalue weighted by molar-refractivity contribution is 5.85. The first-order valence-electron chi connectivity index (χ1n) is 7.57. The predicted octanol–water partition coefficient (Wildman–Crippen LogP) is 3.42. The van der Waals surface area contributed by atoms with Gasteiger partial charge in [-0.15, -0.1) is 12.4 Å². The molecule has 0 aliphatic heterocycles. The minimum atomic E-state index is -0.327. The number of rotatable bonds is 4. The molecule has 0 bridgehead atoms. The van der Waals surface area contributed by atoms with Crippen molar-refractivity contribution in [2.75, 3.05) is 6.54 Å². The van der Waals surface area contributed by atoms with Gasteiger partial charge in [0.15, 0.2) is 0 Å². The van der Waals surface area contributed by atoms with Gasteiger partial charge in [0.25, 0.3) is 0 Å². The standard InChI is InChI=1S/C17H26N2O.ClH/c1-12-6-7-15(13(2)10-12)14(3)19-16(20)17(11-18)8-4-5-9-17;/h6-7,10,14H,4-5,8-9,11,18H2,1-3H3,(H,19,20);1H. The highest BCUT2D eigenvalue weighted by Gasteiger charge is 2.40. The fraction of sp³-hybridized carbons (Fsp3) is 0.588. The van der Waals surface area contributed by atoms with E-state index in [0.717, 1.165) is 25.7 Å². The van der Waals surface area contributed by atoms with Gasteiger partial charge in [-0.05, 0) is 44.7 Å². The molecule has 0 radical (unpaired) electrons. The van der Waals surface area contributed by atoms with E-state index in [2.05, 4.69) is 44.3 Å². The second-order valence-corrected chi connectivity index (χ2v) is 6.25. The number of benzene rings is 1. The van der Waals surface area contributed by atoms with Crippen LogP contribution in [0.5, 0.6) is 0 Å². The number of amides is 1. The summed E-state index contributed by atoms with van der Waals surface area (Å²) in [6.07, 6.45) is 4.08. The zero-order valence-corrected chi connectivity index (χ0v) is 14.1. The van der Waals surface area contributed by atoms with Crippen LogP contribution in [0.15, 0.2) is 18.2 Å². The van der Waals surface area contributed by atoms with Crippen molar-refractivity contribution in [1.82, 2.24) is 5.32 Å². The molecular weight excluding hydrogens is 284 g/mol. The van der Waals surface area contributed by atoms with E-state index in [1.165, 1.54) is 16.7 Å². The fourth-order valence-corrected chi connectivity index (χ4v) is 3.31. The zero-order chi connectivity index (χ0) is 14.8. The van der Waals surface area contributed by atoms with Crippen LogP contribution in [0.3, 0.4) is 0 Å². The summed E-state index contributed by atoms with van der Waals surface area (Å²) in [6.45, 7) is 6.69. The first kappa shape index (κ1) is 18.0. The van der Waals surface area contributed by atoms with E-state index in [0.29, 0.717) is 6.54 Å². The number of hydrogen-bond acceptors (Lipinski definition) is 2. The monoisotopic (exact) mass is 310 g/mol. The Morgan fingerprint density at radius 3 is 2.48 bits per heavy atom. The van der Waals surface area contributed by atoms with E-state index in [-0.39, 0.29) is 29.8 Å². The molecule has 1 atom stereocenters. The van der Waals surface area contributed by atoms with Gasteiger partial charge in [-0.3, -0.25) is 4.79 Å². The van der Waals surface area contributed by atoms with E-state index < -0.39 is 0 Å². The number of carbonyl (C=O) groups excluding carboxylic acids is 1. The van der Waals surface area contributed by atoms with Crippen molar-refractivity contribution in [2.45, 2.75) is 52.5 Å². The summed E-state index contributed by atoms with van der Waals surface area (Å²) in [5.74, 6) is 0.130. The summed E-state index contributed by atoms with van der Waals surface area (Å²) in [5, 5.41) is 3.17. The van der Waals surface area contributed by atoms with Gasteiger partial charge in [-0.1, -0.05) is 36.6 Å². The second-order valence-electron chi connectivity index (χ2n) is 6.25. The molecule has 118 valence electrons. The lowest BCUT2D eigenvalue weighted by Gasteiger charge is -2.28. The quantitative estimate of drug-likeness (QED) is 0.895. The van der Waals surface area contributed by atoms with Crippen LogP contribution < -0.4 is 11.1 Å². The summed E-state index contributed by atoms with van der Waals surface area (Å²) in [6, 6.07) is 6.40. The Labute approximate surface area is 134 Å². The summed E-state index contributed by atoms with van der Waals surface area (Å²) in [5.41, 5.74) is 9.21. The number of aryl methyl sites for hydroxylation is 2. The molecular formula is C17H27ClN2O. The lowest BCUT2D eigenvalue weighted by Crippen LogP contribution is -2.45. The highest BCUT2D eigenvalue weighted by atomic mass is 35.5. The smallest absolute Gasteiger partial charge is 0.227 e. The molecule has 21 heavy (non-hydrogen) atoms. The van der Waals surface area contributed by atoms with E-state index >= 15 is 0 Å². The normalized spacial score (nSPS) is 17.9. The summed E-state index contributed by atoms with van der Waals surface area (Å²) in [7, 11) is 0. The molecule has 1 aromatic rings. The molecule has 0 aromatic heterocycles. The Kier molecular flexibility index (Phi) is 6.24. The lowest BCUT2D eigenvalue weighted by atomic mass is 9.84. The van der Waals surface area contributed by atoms with Gasteiger partial charge in [0, 0.05) is 6.54 Å². The Bertz CT molecular complexity index is 496. The van der Waals surface area contributed by atoms with Gasteiger partial charge in [0.1, 0.15) is 0 Å². The maximum absolute atomic E-state index is 12.6. The number of nitrogens with one attached hydrogen (secondary N) is 1. The average molecular weight is 311 g/mol. The van der Waals surface area contributed by atoms with Crippen molar-refractivity contribution < 1.29 is 4.79 Å². The number of carbonyl (C=O) groups is 1. The number of halogens is 1. The Balaban J connectivity index is 0.00000220. The Morgan fingerprint density at radius 1 is 1.33 bits per heavy atom. The molecule has 4 heteroatoms. The van der Waals surface area contributed by atoms with Crippen LogP contribution >= 0.6 is 12.4 Å². The van der Waals surface area contributed by atoms with Gasteiger partial charge >= 0.3 is 0 Å². The van der Waals surface area contributed by atoms with E-state index in [1.807, 2.05) is 0 Å². The number of nitrogens with two attached hydrogens (primary N) is 1. The van der Waals surface area contributed by atoms with E-state index in [4.69, 9.17) is 5.73 Å². The van der Waals surface area contributed by atoms with Crippen molar-refractivity contribution in [1.29, 1.82) is 0 Å². The molecule has 0 spiro atoms. The first-order chi connectivity index (χ1) is 9.48. The fourth-order valence-electron chi connectivity index (χ4n) is 3.31.